The molecule has 0 bridgehead atoms. The van der Waals surface area contributed by atoms with Gasteiger partial charge in [0.15, 0.2) is 6.29 Å². The fourth-order valence-electron chi connectivity index (χ4n) is 14.0. The molecule has 4 aliphatic rings. The molecule has 568 valence electrons. The number of pyridine rings is 6. The minimum absolute atomic E-state index is 0.0182. The number of carbonyl (C=O) groups is 6. The third kappa shape index (κ3) is 18.2. The monoisotopic (exact) mass is 1550 g/mol. The number of hydrogen-bond donors (Lipinski definition) is 1. The number of aldehydes is 1. The van der Waals surface area contributed by atoms with Crippen LogP contribution in [0.5, 0.6) is 23.5 Å². The maximum absolute atomic E-state index is 13.6. The van der Waals surface area contributed by atoms with E-state index in [0.717, 1.165) is 25.2 Å². The first-order chi connectivity index (χ1) is 51.5. The molecule has 5 amide bonds. The molecule has 0 radical (unpaired) electrons. The molecule has 1 N–H and O–H groups in total. The Morgan fingerprint density at radius 2 is 0.889 bits per heavy atom. The highest BCUT2D eigenvalue weighted by atomic mass is 35.5. The Morgan fingerprint density at radius 3 is 1.26 bits per heavy atom. The van der Waals surface area contributed by atoms with Gasteiger partial charge in [0, 0.05) is 153 Å². The van der Waals surface area contributed by atoms with E-state index in [9.17, 15) is 28.8 Å². The number of rotatable bonds is 19. The molecule has 8 aromatic rings. The largest absolute Gasteiger partial charge is 0.481 e. The van der Waals surface area contributed by atoms with Gasteiger partial charge in [0.25, 0.3) is 0 Å². The number of benzene rings is 2. The van der Waals surface area contributed by atoms with Crippen LogP contribution in [0.15, 0.2) is 109 Å². The second-order valence-electron chi connectivity index (χ2n) is 29.2. The van der Waals surface area contributed by atoms with Crippen LogP contribution in [-0.4, -0.2) is 188 Å². The zero-order valence-corrected chi connectivity index (χ0v) is 65.6. The molecule has 12 rings (SSSR count). The Labute approximate surface area is 648 Å². The van der Waals surface area contributed by atoms with Gasteiger partial charge in [-0.1, -0.05) is 88.9 Å². The van der Waals surface area contributed by atoms with E-state index in [4.69, 9.17) is 89.8 Å². The van der Waals surface area contributed by atoms with Gasteiger partial charge in [-0.25, -0.2) is 29.5 Å². The van der Waals surface area contributed by atoms with Crippen molar-refractivity contribution in [1.82, 2.24) is 59.7 Å². The number of amides is 5. The Morgan fingerprint density at radius 1 is 0.519 bits per heavy atom. The van der Waals surface area contributed by atoms with Gasteiger partial charge in [-0.15, -0.1) is 0 Å². The summed E-state index contributed by atoms with van der Waals surface area (Å²) >= 11 is 28.2. The second kappa shape index (κ2) is 33.8. The normalized spacial score (nSPS) is 15.3. The van der Waals surface area contributed by atoms with Gasteiger partial charge in [-0.05, 0) is 122 Å². The fraction of sp³-hybridized carbons (Fsp3) is 0.400. The van der Waals surface area contributed by atoms with Gasteiger partial charge in [0.05, 0.1) is 101 Å². The second-order valence-corrected chi connectivity index (χ2v) is 30.7. The maximum Gasteiger partial charge on any atom is 0.410 e. The van der Waals surface area contributed by atoms with Crippen LogP contribution in [0.4, 0.5) is 9.59 Å². The summed E-state index contributed by atoms with van der Waals surface area (Å²) in [5, 5.41) is 4.42. The number of piperidine rings is 2. The number of hydrogen-bond acceptors (Lipinski definition) is 19. The Balaban J connectivity index is 0.000000217. The average molecular weight is 1550 g/mol. The molecule has 6 aromatic heterocycles. The van der Waals surface area contributed by atoms with Crippen LogP contribution in [0.3, 0.4) is 0 Å². The summed E-state index contributed by atoms with van der Waals surface area (Å²) in [4.78, 5) is 112. The number of aromatic nitrogens is 6. The summed E-state index contributed by atoms with van der Waals surface area (Å²) in [6.45, 7) is 19.8. The molecule has 4 fully saturated rings. The van der Waals surface area contributed by atoms with E-state index in [1.54, 1.807) is 77.2 Å². The molecule has 108 heavy (non-hydrogen) atoms. The Kier molecular flexibility index (Phi) is 24.8. The molecule has 10 heterocycles. The number of nitrogens with one attached hydrogen (secondary N) is 1. The molecule has 0 unspecified atom stereocenters. The zero-order chi connectivity index (χ0) is 77.5. The van der Waals surface area contributed by atoms with Crippen LogP contribution < -0.4 is 24.3 Å². The van der Waals surface area contributed by atoms with Crippen molar-refractivity contribution in [2.45, 2.75) is 130 Å². The summed E-state index contributed by atoms with van der Waals surface area (Å²) < 4.78 is 34.2. The van der Waals surface area contributed by atoms with Crippen molar-refractivity contribution in [2.75, 3.05) is 74.3 Å². The predicted molar refractivity (Wildman–Crippen MR) is 413 cm³/mol. The quantitative estimate of drug-likeness (QED) is 0.0737. The summed E-state index contributed by atoms with van der Waals surface area (Å²) in [7, 11) is 6.11. The lowest BCUT2D eigenvalue weighted by Crippen LogP contribution is -2.56. The van der Waals surface area contributed by atoms with E-state index >= 15 is 0 Å². The van der Waals surface area contributed by atoms with Crippen molar-refractivity contribution in [3.8, 4) is 91.1 Å². The van der Waals surface area contributed by atoms with E-state index in [1.807, 2.05) is 114 Å². The van der Waals surface area contributed by atoms with Crippen molar-refractivity contribution < 1.29 is 57.2 Å². The van der Waals surface area contributed by atoms with Crippen molar-refractivity contribution in [2.24, 2.45) is 5.41 Å². The van der Waals surface area contributed by atoms with E-state index in [2.05, 4.69) is 25.2 Å². The van der Waals surface area contributed by atoms with Crippen molar-refractivity contribution in [3.05, 3.63) is 152 Å². The van der Waals surface area contributed by atoms with Crippen LogP contribution >= 0.6 is 46.4 Å². The lowest BCUT2D eigenvalue weighted by molar-refractivity contribution is -0.131. The highest BCUT2D eigenvalue weighted by Crippen LogP contribution is 2.45. The highest BCUT2D eigenvalue weighted by molar-refractivity contribution is 6.40. The molecule has 4 saturated heterocycles. The molecule has 0 atom stereocenters. The molecular weight excluding hydrogens is 1460 g/mol. The third-order valence-corrected chi connectivity index (χ3v) is 20.9. The van der Waals surface area contributed by atoms with E-state index in [0.29, 0.717) is 193 Å². The van der Waals surface area contributed by atoms with Crippen LogP contribution in [-0.2, 0) is 43.5 Å². The Hall–Kier alpha value is -9.72. The lowest BCUT2D eigenvalue weighted by Gasteiger charge is -2.47. The van der Waals surface area contributed by atoms with Crippen LogP contribution in [0.25, 0.3) is 67.5 Å². The molecule has 2 aromatic carbocycles. The highest BCUT2D eigenvalue weighted by Gasteiger charge is 2.48. The van der Waals surface area contributed by atoms with Gasteiger partial charge < -0.3 is 53.3 Å². The molecule has 24 nitrogen and oxygen atoms in total. The molecular formula is C80H88Cl4N12O12. The van der Waals surface area contributed by atoms with Gasteiger partial charge in [-0.2, -0.15) is 0 Å². The fourth-order valence-corrected chi connectivity index (χ4v) is 15.2. The topological polar surface area (TPSA) is 263 Å². The number of methoxy groups -OCH3 is 4. The summed E-state index contributed by atoms with van der Waals surface area (Å²) in [5.74, 6) is 1.52. The van der Waals surface area contributed by atoms with Crippen LogP contribution in [0.1, 0.15) is 115 Å². The van der Waals surface area contributed by atoms with Crippen molar-refractivity contribution in [3.63, 3.8) is 0 Å². The minimum Gasteiger partial charge on any atom is -0.481 e. The van der Waals surface area contributed by atoms with E-state index in [-0.39, 0.29) is 54.2 Å². The van der Waals surface area contributed by atoms with Crippen molar-refractivity contribution >= 4 is 82.6 Å². The first-order valence-electron chi connectivity index (χ1n) is 35.5. The number of carbonyl (C=O) groups excluding carboxylic acids is 6. The summed E-state index contributed by atoms with van der Waals surface area (Å²) in [6, 6.07) is 29.0. The molecule has 1 spiro atoms. The predicted octanol–water partition coefficient (Wildman–Crippen LogP) is 15.0. The van der Waals surface area contributed by atoms with E-state index < -0.39 is 23.4 Å². The molecule has 4 aliphatic heterocycles. The number of halogens is 4. The molecule has 28 heteroatoms. The average Bonchev–Trinajstić information content (AvgIpc) is 1.42. The standard InChI is InChI=1S/C43H49Cl2N7O6.C37H39Cl2N5O6/c1-26(53)51-18-15-29(16-19-51)52(41(55)58-42(2,3)4)22-28-11-13-34(49-40(28)57-6)31-14-17-46-38(37(31)45)32-9-7-8-30(36(32)44)33-12-10-27(39(48-33)56-5)21-50-24-43(25-50)20-35(54)47-23-43;1-22(46)43-18-15-25(16-19-43)44(36(47)50-37(2,3)4)20-23-10-12-30(41-34(23)48-5)27-14-17-40-33(32(27)39)28-9-7-8-26(31(28)38)29-13-11-24(21-45)35(42-29)49-6/h7-14,17,29H,15-16,18-25H2,1-6H3,(H,47,54);7-14,17,21,25H,15-16,18-20H2,1-6H3. The number of nitrogens with zero attached hydrogens (tertiary/aromatic N) is 11. The maximum atomic E-state index is 13.6. The van der Waals surface area contributed by atoms with E-state index in [1.165, 1.54) is 21.3 Å². The third-order valence-electron chi connectivity index (χ3n) is 19.3. The Bertz CT molecular complexity index is 4700. The van der Waals surface area contributed by atoms with Crippen LogP contribution in [0, 0.1) is 5.41 Å². The minimum atomic E-state index is -0.691. The van der Waals surface area contributed by atoms with Gasteiger partial charge in [0.1, 0.15) is 11.2 Å². The molecule has 0 saturated carbocycles. The SMILES string of the molecule is COc1nc(-c2cccc(-c3nccc(-c4ccc(CN(C(=O)OC(C)(C)C)C5CCN(C(C)=O)CC5)c(OC)n4)c3Cl)c2Cl)ccc1C=O.COc1nc(-c2cccc(-c3nccc(-c4ccc(CN(C(=O)OC(C)(C)C)C5CCN(C(C)=O)CC5)c(OC)n4)c3Cl)c2Cl)ccc1CN1CC2(CNC(=O)C2)C1. The summed E-state index contributed by atoms with van der Waals surface area (Å²) in [5.41, 5.74) is 8.13. The zero-order valence-electron chi connectivity index (χ0n) is 62.6. The van der Waals surface area contributed by atoms with Crippen molar-refractivity contribution in [1.29, 1.82) is 0 Å². The van der Waals surface area contributed by atoms with Gasteiger partial charge >= 0.3 is 12.2 Å². The number of ether oxygens (including phenoxy) is 6. The number of likely N-dealkylation sites (tertiary alicyclic amines) is 3. The first-order valence-corrected chi connectivity index (χ1v) is 37.0. The first kappa shape index (κ1) is 79.3. The van der Waals surface area contributed by atoms with Gasteiger partial charge in [0.2, 0.25) is 41.2 Å². The lowest BCUT2D eigenvalue weighted by atomic mass is 9.79. The van der Waals surface area contributed by atoms with Gasteiger partial charge in [-0.3, -0.25) is 34.0 Å². The molecule has 0 aliphatic carbocycles. The van der Waals surface area contributed by atoms with Crippen LogP contribution in [0.2, 0.25) is 20.1 Å². The summed E-state index contributed by atoms with van der Waals surface area (Å²) in [6.07, 6.45) is 6.16. The smallest absolute Gasteiger partial charge is 0.410 e.